The Morgan fingerprint density at radius 1 is 1.15 bits per heavy atom. The summed E-state index contributed by atoms with van der Waals surface area (Å²) in [5.74, 6) is -1.15. The molecule has 2 saturated heterocycles. The van der Waals surface area contributed by atoms with Crippen LogP contribution in [0.3, 0.4) is 0 Å². The molecule has 2 aliphatic rings. The van der Waals surface area contributed by atoms with Crippen molar-refractivity contribution in [2.75, 3.05) is 26.2 Å². The average molecular weight is 284 g/mol. The number of carbonyl (C=O) groups is 2. The Morgan fingerprint density at radius 2 is 1.85 bits per heavy atom. The van der Waals surface area contributed by atoms with Gasteiger partial charge in [-0.25, -0.2) is 4.79 Å². The van der Waals surface area contributed by atoms with Crippen LogP contribution in [0.15, 0.2) is 0 Å². The van der Waals surface area contributed by atoms with E-state index in [1.54, 1.807) is 0 Å². The highest BCUT2D eigenvalue weighted by Crippen LogP contribution is 2.19. The molecule has 20 heavy (non-hydrogen) atoms. The molecule has 0 spiro atoms. The minimum atomic E-state index is -0.981. The Balaban J connectivity index is 1.57. The van der Waals surface area contributed by atoms with Gasteiger partial charge in [-0.3, -0.25) is 4.79 Å². The first-order valence-electron chi connectivity index (χ1n) is 7.55. The summed E-state index contributed by atoms with van der Waals surface area (Å²) in [7, 11) is 0. The van der Waals surface area contributed by atoms with Crippen LogP contribution in [0.5, 0.6) is 0 Å². The molecule has 0 unspecified atom stereocenters. The molecule has 2 N–H and O–H groups in total. The molecule has 2 aliphatic heterocycles. The number of carbonyl (C=O) groups excluding carboxylic acids is 1. The van der Waals surface area contributed by atoms with Gasteiger partial charge in [0.15, 0.2) is 6.10 Å². The predicted octanol–water partition coefficient (Wildman–Crippen LogP) is 0.611. The SMILES string of the molecule is O=C(NCCCN1CCCCC1)[C@@H]1CC[C@H](C(=O)O)O1. The van der Waals surface area contributed by atoms with Crippen LogP contribution in [-0.2, 0) is 14.3 Å². The quantitative estimate of drug-likeness (QED) is 0.699. The molecule has 114 valence electrons. The molecule has 0 aromatic rings. The van der Waals surface area contributed by atoms with E-state index in [0.717, 1.165) is 13.0 Å². The van der Waals surface area contributed by atoms with E-state index < -0.39 is 18.2 Å². The summed E-state index contributed by atoms with van der Waals surface area (Å²) < 4.78 is 5.21. The zero-order valence-electron chi connectivity index (χ0n) is 11.8. The van der Waals surface area contributed by atoms with Crippen LogP contribution in [0.1, 0.15) is 38.5 Å². The predicted molar refractivity (Wildman–Crippen MR) is 73.4 cm³/mol. The highest BCUT2D eigenvalue weighted by Gasteiger charge is 2.34. The van der Waals surface area contributed by atoms with Gasteiger partial charge in [-0.1, -0.05) is 6.42 Å². The Labute approximate surface area is 119 Å². The number of amides is 1. The van der Waals surface area contributed by atoms with Crippen LogP contribution in [0.4, 0.5) is 0 Å². The smallest absolute Gasteiger partial charge is 0.332 e. The van der Waals surface area contributed by atoms with Crippen LogP contribution < -0.4 is 5.32 Å². The van der Waals surface area contributed by atoms with Crippen molar-refractivity contribution in [2.24, 2.45) is 0 Å². The number of aliphatic carboxylic acids is 1. The summed E-state index contributed by atoms with van der Waals surface area (Å²) in [6.07, 6.45) is 4.32. The Bertz CT molecular complexity index is 342. The Hall–Kier alpha value is -1.14. The number of hydrogen-bond donors (Lipinski definition) is 2. The van der Waals surface area contributed by atoms with Crippen molar-refractivity contribution >= 4 is 11.9 Å². The van der Waals surface area contributed by atoms with Gasteiger partial charge in [0.2, 0.25) is 5.91 Å². The summed E-state index contributed by atoms with van der Waals surface area (Å²) >= 11 is 0. The number of nitrogens with zero attached hydrogens (tertiary/aromatic N) is 1. The number of carboxylic acid groups (broad SMARTS) is 1. The topological polar surface area (TPSA) is 78.9 Å². The fourth-order valence-electron chi connectivity index (χ4n) is 2.82. The Morgan fingerprint density at radius 3 is 2.50 bits per heavy atom. The molecule has 0 saturated carbocycles. The second kappa shape index (κ2) is 7.59. The van der Waals surface area contributed by atoms with Gasteiger partial charge < -0.3 is 20.1 Å². The number of piperidine rings is 1. The van der Waals surface area contributed by atoms with Crippen molar-refractivity contribution in [2.45, 2.75) is 50.7 Å². The van der Waals surface area contributed by atoms with Crippen LogP contribution in [0.25, 0.3) is 0 Å². The lowest BCUT2D eigenvalue weighted by Crippen LogP contribution is -2.38. The van der Waals surface area contributed by atoms with E-state index in [-0.39, 0.29) is 5.91 Å². The lowest BCUT2D eigenvalue weighted by Gasteiger charge is -2.26. The Kier molecular flexibility index (Phi) is 5.79. The third-order valence-corrected chi connectivity index (χ3v) is 3.99. The molecule has 0 bridgehead atoms. The van der Waals surface area contributed by atoms with Crippen LogP contribution in [-0.4, -0.2) is 60.3 Å². The van der Waals surface area contributed by atoms with Gasteiger partial charge >= 0.3 is 5.97 Å². The van der Waals surface area contributed by atoms with Gasteiger partial charge in [-0.05, 0) is 51.7 Å². The van der Waals surface area contributed by atoms with Gasteiger partial charge in [0.25, 0.3) is 0 Å². The van der Waals surface area contributed by atoms with E-state index in [0.29, 0.717) is 19.4 Å². The van der Waals surface area contributed by atoms with E-state index in [2.05, 4.69) is 10.2 Å². The molecule has 0 aromatic carbocycles. The number of rotatable bonds is 6. The standard InChI is InChI=1S/C14H24N2O4/c17-13(11-5-6-12(20-11)14(18)19)15-7-4-10-16-8-2-1-3-9-16/h11-12H,1-10H2,(H,15,17)(H,18,19)/t11-,12+/m0/s1. The van der Waals surface area contributed by atoms with Crippen molar-refractivity contribution in [3.63, 3.8) is 0 Å². The summed E-state index contributed by atoms with van der Waals surface area (Å²) in [6.45, 7) is 3.98. The molecule has 6 nitrogen and oxygen atoms in total. The highest BCUT2D eigenvalue weighted by molar-refractivity contribution is 5.82. The zero-order chi connectivity index (χ0) is 14.4. The molecular weight excluding hydrogens is 260 g/mol. The van der Waals surface area contributed by atoms with Crippen molar-refractivity contribution in [1.82, 2.24) is 10.2 Å². The minimum Gasteiger partial charge on any atom is -0.479 e. The molecule has 0 aromatic heterocycles. The monoisotopic (exact) mass is 284 g/mol. The van der Waals surface area contributed by atoms with E-state index in [4.69, 9.17) is 9.84 Å². The number of likely N-dealkylation sites (tertiary alicyclic amines) is 1. The van der Waals surface area contributed by atoms with Gasteiger partial charge in [-0.15, -0.1) is 0 Å². The summed E-state index contributed by atoms with van der Waals surface area (Å²) in [4.78, 5) is 25.0. The fraction of sp³-hybridized carbons (Fsp3) is 0.857. The van der Waals surface area contributed by atoms with Crippen molar-refractivity contribution in [3.05, 3.63) is 0 Å². The molecule has 6 heteroatoms. The van der Waals surface area contributed by atoms with E-state index in [1.165, 1.54) is 32.4 Å². The van der Waals surface area contributed by atoms with Gasteiger partial charge in [-0.2, -0.15) is 0 Å². The zero-order valence-corrected chi connectivity index (χ0v) is 11.8. The third kappa shape index (κ3) is 4.45. The normalized spacial score (nSPS) is 27.4. The first-order chi connectivity index (χ1) is 9.66. The molecular formula is C14H24N2O4. The van der Waals surface area contributed by atoms with Gasteiger partial charge in [0.1, 0.15) is 6.10 Å². The fourth-order valence-corrected chi connectivity index (χ4v) is 2.82. The lowest BCUT2D eigenvalue weighted by molar-refractivity contribution is -0.151. The maximum absolute atomic E-state index is 11.8. The molecule has 2 fully saturated rings. The molecule has 0 aliphatic carbocycles. The van der Waals surface area contributed by atoms with Crippen molar-refractivity contribution in [3.8, 4) is 0 Å². The van der Waals surface area contributed by atoms with Crippen LogP contribution in [0.2, 0.25) is 0 Å². The van der Waals surface area contributed by atoms with Crippen molar-refractivity contribution in [1.29, 1.82) is 0 Å². The number of ether oxygens (including phenoxy) is 1. The highest BCUT2D eigenvalue weighted by atomic mass is 16.5. The summed E-state index contributed by atoms with van der Waals surface area (Å²) in [5.41, 5.74) is 0. The second-order valence-electron chi connectivity index (χ2n) is 5.58. The van der Waals surface area contributed by atoms with Crippen LogP contribution >= 0.6 is 0 Å². The second-order valence-corrected chi connectivity index (χ2v) is 5.58. The largest absolute Gasteiger partial charge is 0.479 e. The molecule has 2 heterocycles. The molecule has 2 atom stereocenters. The van der Waals surface area contributed by atoms with Gasteiger partial charge in [0.05, 0.1) is 0 Å². The molecule has 2 rings (SSSR count). The number of nitrogens with one attached hydrogen (secondary N) is 1. The van der Waals surface area contributed by atoms with E-state index in [1.807, 2.05) is 0 Å². The third-order valence-electron chi connectivity index (χ3n) is 3.99. The van der Waals surface area contributed by atoms with Crippen LogP contribution in [0, 0.1) is 0 Å². The molecule has 0 radical (unpaired) electrons. The van der Waals surface area contributed by atoms with Crippen molar-refractivity contribution < 1.29 is 19.4 Å². The number of hydrogen-bond acceptors (Lipinski definition) is 4. The molecule has 1 amide bonds. The maximum Gasteiger partial charge on any atom is 0.332 e. The summed E-state index contributed by atoms with van der Waals surface area (Å²) in [6, 6.07) is 0. The minimum absolute atomic E-state index is 0.174. The van der Waals surface area contributed by atoms with Gasteiger partial charge in [0, 0.05) is 6.54 Å². The lowest BCUT2D eigenvalue weighted by atomic mass is 10.1. The summed E-state index contributed by atoms with van der Waals surface area (Å²) in [5, 5.41) is 11.6. The first kappa shape index (κ1) is 15.3. The van der Waals surface area contributed by atoms with E-state index >= 15 is 0 Å². The number of carboxylic acids is 1. The maximum atomic E-state index is 11.8. The van der Waals surface area contributed by atoms with E-state index in [9.17, 15) is 9.59 Å². The average Bonchev–Trinajstić information content (AvgIpc) is 2.94. The first-order valence-corrected chi connectivity index (χ1v) is 7.55.